The van der Waals surface area contributed by atoms with Gasteiger partial charge in [0.15, 0.2) is 0 Å². The summed E-state index contributed by atoms with van der Waals surface area (Å²) in [5.74, 6) is 0.657. The lowest BCUT2D eigenvalue weighted by molar-refractivity contribution is 0.170. The van der Waals surface area contributed by atoms with Gasteiger partial charge in [-0.15, -0.1) is 0 Å². The van der Waals surface area contributed by atoms with Crippen molar-refractivity contribution in [3.05, 3.63) is 22.9 Å². The number of nitriles is 1. The van der Waals surface area contributed by atoms with Crippen LogP contribution in [0.4, 0.5) is 5.82 Å². The van der Waals surface area contributed by atoms with Crippen molar-refractivity contribution in [2.24, 2.45) is 5.41 Å². The number of hydrogen-bond donors (Lipinski definition) is 2. The predicted molar refractivity (Wildman–Crippen MR) is 75.0 cm³/mol. The smallest absolute Gasteiger partial charge is 0.144 e. The summed E-state index contributed by atoms with van der Waals surface area (Å²) in [5, 5.41) is 21.7. The lowest BCUT2D eigenvalue weighted by atomic mass is 9.94. The van der Waals surface area contributed by atoms with Gasteiger partial charge in [-0.2, -0.15) is 5.26 Å². The van der Waals surface area contributed by atoms with Gasteiger partial charge in [0.1, 0.15) is 11.9 Å². The number of aliphatic hydroxyl groups is 1. The van der Waals surface area contributed by atoms with Crippen LogP contribution in [0.3, 0.4) is 0 Å². The Hall–Kier alpha value is -1.60. The average Bonchev–Trinajstić information content (AvgIpc) is 2.44. The molecule has 1 aliphatic carbocycles. The van der Waals surface area contributed by atoms with Crippen molar-refractivity contribution in [1.82, 2.24) is 4.98 Å². The van der Waals surface area contributed by atoms with Crippen LogP contribution in [0.1, 0.15) is 43.5 Å². The molecule has 2 N–H and O–H groups in total. The number of rotatable bonds is 4. The van der Waals surface area contributed by atoms with Crippen molar-refractivity contribution >= 4 is 5.82 Å². The van der Waals surface area contributed by atoms with Crippen LogP contribution in [0.5, 0.6) is 0 Å². The van der Waals surface area contributed by atoms with Crippen LogP contribution in [0.25, 0.3) is 0 Å². The maximum Gasteiger partial charge on any atom is 0.144 e. The zero-order valence-corrected chi connectivity index (χ0v) is 11.7. The number of nitrogens with one attached hydrogen (secondary N) is 1. The maximum absolute atomic E-state index is 9.27. The fourth-order valence-electron chi connectivity index (χ4n) is 2.23. The Morgan fingerprint density at radius 2 is 2.16 bits per heavy atom. The molecule has 19 heavy (non-hydrogen) atoms. The van der Waals surface area contributed by atoms with Crippen LogP contribution in [0, 0.1) is 16.7 Å². The first-order chi connectivity index (χ1) is 9.05. The molecule has 4 nitrogen and oxygen atoms in total. The minimum atomic E-state index is -0.218. The Bertz CT molecular complexity index is 503. The molecule has 0 bridgehead atoms. The zero-order valence-electron chi connectivity index (χ0n) is 11.7. The average molecular weight is 259 g/mol. The van der Waals surface area contributed by atoms with Gasteiger partial charge < -0.3 is 10.4 Å². The minimum absolute atomic E-state index is 0.104. The molecule has 1 aromatic rings. The maximum atomic E-state index is 9.27. The standard InChI is InChI=1S/C15H21N3O/c1-15(2,10-19)9-17-14-12(8-16)7-11-5-3-4-6-13(11)18-14/h7,19H,3-6,9-10H2,1-2H3,(H,17,18). The van der Waals surface area contributed by atoms with Gasteiger partial charge in [-0.25, -0.2) is 4.98 Å². The molecule has 0 spiro atoms. The van der Waals surface area contributed by atoms with E-state index in [9.17, 15) is 10.4 Å². The second-order valence-corrected chi connectivity index (χ2v) is 5.99. The van der Waals surface area contributed by atoms with Gasteiger partial charge in [-0.05, 0) is 37.3 Å². The number of anilines is 1. The SMILES string of the molecule is CC(C)(CO)CNc1nc2c(cc1C#N)CCCC2. The van der Waals surface area contributed by atoms with Crippen LogP contribution < -0.4 is 5.32 Å². The first-order valence-corrected chi connectivity index (χ1v) is 6.83. The molecule has 4 heteroatoms. The van der Waals surface area contributed by atoms with Crippen LogP contribution in [-0.4, -0.2) is 23.2 Å². The summed E-state index contributed by atoms with van der Waals surface area (Å²) in [6, 6.07) is 4.18. The highest BCUT2D eigenvalue weighted by Gasteiger charge is 2.19. The van der Waals surface area contributed by atoms with Gasteiger partial charge in [0.2, 0.25) is 0 Å². The van der Waals surface area contributed by atoms with E-state index >= 15 is 0 Å². The number of nitrogens with zero attached hydrogens (tertiary/aromatic N) is 2. The first kappa shape index (κ1) is 13.8. The van der Waals surface area contributed by atoms with E-state index in [-0.39, 0.29) is 12.0 Å². The van der Waals surface area contributed by atoms with Gasteiger partial charge >= 0.3 is 0 Å². The number of hydrogen-bond acceptors (Lipinski definition) is 4. The third-order valence-corrected chi connectivity index (χ3v) is 3.58. The van der Waals surface area contributed by atoms with Gasteiger partial charge in [0.25, 0.3) is 0 Å². The molecule has 0 saturated heterocycles. The molecule has 1 aromatic heterocycles. The predicted octanol–water partition coefficient (Wildman–Crippen LogP) is 2.26. The van der Waals surface area contributed by atoms with Gasteiger partial charge in [0.05, 0.1) is 5.56 Å². The molecular weight excluding hydrogens is 238 g/mol. The molecule has 0 aromatic carbocycles. The van der Waals surface area contributed by atoms with Crippen LogP contribution >= 0.6 is 0 Å². The molecule has 0 radical (unpaired) electrons. The fraction of sp³-hybridized carbons (Fsp3) is 0.600. The lowest BCUT2D eigenvalue weighted by Gasteiger charge is -2.23. The largest absolute Gasteiger partial charge is 0.396 e. The lowest BCUT2D eigenvalue weighted by Crippen LogP contribution is -2.27. The molecule has 102 valence electrons. The Morgan fingerprint density at radius 1 is 1.42 bits per heavy atom. The Balaban J connectivity index is 2.22. The van der Waals surface area contributed by atoms with E-state index in [2.05, 4.69) is 16.4 Å². The zero-order chi connectivity index (χ0) is 13.9. The Kier molecular flexibility index (Phi) is 4.06. The van der Waals surface area contributed by atoms with Gasteiger partial charge in [-0.1, -0.05) is 13.8 Å². The molecule has 0 unspecified atom stereocenters. The van der Waals surface area contributed by atoms with Crippen LogP contribution in [0.2, 0.25) is 0 Å². The summed E-state index contributed by atoms with van der Waals surface area (Å²) < 4.78 is 0. The van der Waals surface area contributed by atoms with E-state index in [1.165, 1.54) is 18.4 Å². The third kappa shape index (κ3) is 3.24. The van der Waals surface area contributed by atoms with Crippen LogP contribution in [0.15, 0.2) is 6.07 Å². The van der Waals surface area contributed by atoms with E-state index in [1.807, 2.05) is 19.9 Å². The molecular formula is C15H21N3O. The molecule has 0 aliphatic heterocycles. The first-order valence-electron chi connectivity index (χ1n) is 6.83. The van der Waals surface area contributed by atoms with Gasteiger partial charge in [0, 0.05) is 24.3 Å². The van der Waals surface area contributed by atoms with E-state index in [0.717, 1.165) is 18.5 Å². The molecule has 2 rings (SSSR count). The summed E-state index contributed by atoms with van der Waals surface area (Å²) in [4.78, 5) is 4.61. The molecule has 0 saturated carbocycles. The van der Waals surface area contributed by atoms with E-state index < -0.39 is 0 Å². The van der Waals surface area contributed by atoms with E-state index in [4.69, 9.17) is 0 Å². The number of aromatic nitrogens is 1. The van der Waals surface area contributed by atoms with Crippen LogP contribution in [-0.2, 0) is 12.8 Å². The van der Waals surface area contributed by atoms with Crippen molar-refractivity contribution in [3.8, 4) is 6.07 Å². The van der Waals surface area contributed by atoms with Crippen molar-refractivity contribution in [1.29, 1.82) is 5.26 Å². The monoisotopic (exact) mass is 259 g/mol. The van der Waals surface area contributed by atoms with Crippen molar-refractivity contribution in [2.75, 3.05) is 18.5 Å². The molecule has 1 heterocycles. The third-order valence-electron chi connectivity index (χ3n) is 3.58. The quantitative estimate of drug-likeness (QED) is 0.870. The molecule has 0 atom stereocenters. The topological polar surface area (TPSA) is 68.9 Å². The highest BCUT2D eigenvalue weighted by Crippen LogP contribution is 2.25. The summed E-state index contributed by atoms with van der Waals surface area (Å²) in [5.41, 5.74) is 2.73. The van der Waals surface area contributed by atoms with Crippen molar-refractivity contribution < 1.29 is 5.11 Å². The summed E-state index contributed by atoms with van der Waals surface area (Å²) in [6.07, 6.45) is 4.38. The second-order valence-electron chi connectivity index (χ2n) is 5.99. The Labute approximate surface area is 114 Å². The highest BCUT2D eigenvalue weighted by molar-refractivity contribution is 5.54. The number of pyridine rings is 1. The highest BCUT2D eigenvalue weighted by atomic mass is 16.3. The number of aliphatic hydroxyl groups excluding tert-OH is 1. The number of aryl methyl sites for hydroxylation is 2. The van der Waals surface area contributed by atoms with Gasteiger partial charge in [-0.3, -0.25) is 0 Å². The summed E-state index contributed by atoms with van der Waals surface area (Å²) >= 11 is 0. The molecule has 1 aliphatic rings. The molecule has 0 amide bonds. The summed E-state index contributed by atoms with van der Waals surface area (Å²) in [6.45, 7) is 4.66. The van der Waals surface area contributed by atoms with E-state index in [1.54, 1.807) is 0 Å². The summed E-state index contributed by atoms with van der Waals surface area (Å²) in [7, 11) is 0. The van der Waals surface area contributed by atoms with E-state index in [0.29, 0.717) is 17.9 Å². The van der Waals surface area contributed by atoms with Crippen molar-refractivity contribution in [2.45, 2.75) is 39.5 Å². The normalized spacial score (nSPS) is 14.6. The number of fused-ring (bicyclic) bond motifs is 1. The van der Waals surface area contributed by atoms with Crippen molar-refractivity contribution in [3.63, 3.8) is 0 Å². The Morgan fingerprint density at radius 3 is 2.84 bits per heavy atom. The minimum Gasteiger partial charge on any atom is -0.396 e. The molecule has 0 fully saturated rings. The fourth-order valence-corrected chi connectivity index (χ4v) is 2.23. The second kappa shape index (κ2) is 5.58.